The van der Waals surface area contributed by atoms with Gasteiger partial charge in [0.1, 0.15) is 11.4 Å². The van der Waals surface area contributed by atoms with Crippen molar-refractivity contribution in [1.29, 1.82) is 0 Å². The molecule has 0 bridgehead atoms. The molecule has 1 unspecified atom stereocenters. The minimum atomic E-state index is -0.582. The first-order valence-electron chi connectivity index (χ1n) is 10.9. The first-order chi connectivity index (χ1) is 17.3. The molecule has 0 saturated heterocycles. The van der Waals surface area contributed by atoms with Crippen LogP contribution in [0.1, 0.15) is 29.1 Å². The second-order valence-electron chi connectivity index (χ2n) is 7.78. The van der Waals surface area contributed by atoms with Gasteiger partial charge in [-0.3, -0.25) is 19.3 Å². The van der Waals surface area contributed by atoms with E-state index in [4.69, 9.17) is 16.3 Å². The van der Waals surface area contributed by atoms with Gasteiger partial charge >= 0.3 is 0 Å². The van der Waals surface area contributed by atoms with Crippen LogP contribution >= 0.6 is 34.7 Å². The Bertz CT molecular complexity index is 1370. The number of benzene rings is 2. The molecule has 1 aliphatic heterocycles. The molecule has 1 aliphatic rings. The predicted molar refractivity (Wildman–Crippen MR) is 147 cm³/mol. The molecular weight excluding hydrogens is 518 g/mol. The molecule has 1 aromatic heterocycles. The number of thioether (sulfide) groups is 1. The summed E-state index contributed by atoms with van der Waals surface area (Å²) in [4.78, 5) is 44.7. The molecule has 3 aromatic rings. The molecule has 0 fully saturated rings. The fourth-order valence-corrected chi connectivity index (χ4v) is 5.18. The first kappa shape index (κ1) is 25.7. The van der Waals surface area contributed by atoms with Crippen molar-refractivity contribution >= 4 is 74.9 Å². The number of aliphatic imine (C=N–C) groups is 1. The van der Waals surface area contributed by atoms with Gasteiger partial charge in [0.15, 0.2) is 11.0 Å². The Balaban J connectivity index is 1.58. The van der Waals surface area contributed by atoms with Crippen LogP contribution in [0.2, 0.25) is 5.02 Å². The number of methoxy groups -OCH3 is 1. The molecule has 0 saturated carbocycles. The topological polar surface area (TPSA) is 88.1 Å². The predicted octanol–water partition coefficient (Wildman–Crippen LogP) is 6.12. The number of ether oxygens (including phenoxy) is 1. The SMILES string of the molecule is COc1ccc(N2C(=O)/C(=C\c3cccs3)N=C2SC(C)C(=O)Nc2ccc(C(C)=O)cc2)cc1Cl. The number of ketones is 1. The van der Waals surface area contributed by atoms with Crippen LogP contribution in [0, 0.1) is 0 Å². The van der Waals surface area contributed by atoms with Crippen LogP contribution in [0.5, 0.6) is 5.75 Å². The summed E-state index contributed by atoms with van der Waals surface area (Å²) in [5, 5.41) is 4.88. The molecule has 0 spiro atoms. The van der Waals surface area contributed by atoms with E-state index in [0.717, 1.165) is 16.6 Å². The van der Waals surface area contributed by atoms with Crippen molar-refractivity contribution in [3.63, 3.8) is 0 Å². The Morgan fingerprint density at radius 3 is 2.56 bits per heavy atom. The maximum absolute atomic E-state index is 13.4. The average Bonchev–Trinajstić information content (AvgIpc) is 3.47. The molecule has 2 heterocycles. The van der Waals surface area contributed by atoms with E-state index in [1.54, 1.807) is 55.5 Å². The van der Waals surface area contributed by atoms with Gasteiger partial charge in [-0.2, -0.15) is 0 Å². The molecule has 36 heavy (non-hydrogen) atoms. The number of Topliss-reactive ketones (excluding diaryl/α,β-unsaturated/α-hetero) is 1. The number of amides is 2. The Morgan fingerprint density at radius 2 is 1.94 bits per heavy atom. The fourth-order valence-electron chi connectivity index (χ4n) is 3.35. The lowest BCUT2D eigenvalue weighted by Gasteiger charge is -2.20. The van der Waals surface area contributed by atoms with Crippen molar-refractivity contribution in [1.82, 2.24) is 0 Å². The van der Waals surface area contributed by atoms with Crippen LogP contribution in [0.25, 0.3) is 6.08 Å². The van der Waals surface area contributed by atoms with E-state index in [9.17, 15) is 14.4 Å². The highest BCUT2D eigenvalue weighted by Crippen LogP contribution is 2.35. The van der Waals surface area contributed by atoms with Gasteiger partial charge < -0.3 is 10.1 Å². The van der Waals surface area contributed by atoms with Crippen LogP contribution in [-0.4, -0.2) is 35.1 Å². The van der Waals surface area contributed by atoms with Gasteiger partial charge in [0, 0.05) is 16.1 Å². The zero-order valence-corrected chi connectivity index (χ0v) is 22.0. The summed E-state index contributed by atoms with van der Waals surface area (Å²) in [6.07, 6.45) is 1.72. The van der Waals surface area contributed by atoms with Gasteiger partial charge in [-0.05, 0) is 73.8 Å². The normalized spacial score (nSPS) is 15.1. The van der Waals surface area contributed by atoms with Crippen LogP contribution in [0.3, 0.4) is 0 Å². The third kappa shape index (κ3) is 5.70. The second kappa shape index (κ2) is 11.1. The minimum Gasteiger partial charge on any atom is -0.495 e. The maximum atomic E-state index is 13.4. The van der Waals surface area contributed by atoms with Crippen molar-refractivity contribution in [2.24, 2.45) is 4.99 Å². The van der Waals surface area contributed by atoms with E-state index in [2.05, 4.69) is 10.3 Å². The summed E-state index contributed by atoms with van der Waals surface area (Å²) < 4.78 is 5.23. The molecular formula is C26H22ClN3O4S2. The monoisotopic (exact) mass is 539 g/mol. The lowest BCUT2D eigenvalue weighted by atomic mass is 10.1. The summed E-state index contributed by atoms with van der Waals surface area (Å²) >= 11 is 8.98. The molecule has 4 rings (SSSR count). The molecule has 2 aromatic carbocycles. The Morgan fingerprint density at radius 1 is 1.19 bits per heavy atom. The van der Waals surface area contributed by atoms with E-state index < -0.39 is 5.25 Å². The second-order valence-corrected chi connectivity index (χ2v) is 10.5. The number of rotatable bonds is 7. The number of anilines is 2. The van der Waals surface area contributed by atoms with E-state index in [0.29, 0.717) is 32.9 Å². The molecule has 184 valence electrons. The van der Waals surface area contributed by atoms with Crippen molar-refractivity contribution in [2.75, 3.05) is 17.3 Å². The molecule has 1 atom stereocenters. The number of thiophene rings is 1. The molecule has 0 radical (unpaired) electrons. The fraction of sp³-hybridized carbons (Fsp3) is 0.154. The lowest BCUT2D eigenvalue weighted by Crippen LogP contribution is -2.33. The standard InChI is InChI=1S/C26H22ClN3O4S2/c1-15(31)17-6-8-18(9-7-17)28-24(32)16(2)36-26-29-22(14-20-5-4-12-35-20)25(33)30(26)19-10-11-23(34-3)21(27)13-19/h4-14,16H,1-3H3,(H,28,32)/b22-14+. The van der Waals surface area contributed by atoms with Gasteiger partial charge in [0.05, 0.1) is 23.1 Å². The summed E-state index contributed by atoms with van der Waals surface area (Å²) in [5.74, 6) is -0.157. The van der Waals surface area contributed by atoms with Gasteiger partial charge in [-0.25, -0.2) is 4.99 Å². The number of carbonyl (C=O) groups is 3. The van der Waals surface area contributed by atoms with Crippen LogP contribution < -0.4 is 15.0 Å². The first-order valence-corrected chi connectivity index (χ1v) is 13.0. The summed E-state index contributed by atoms with van der Waals surface area (Å²) in [7, 11) is 1.51. The van der Waals surface area contributed by atoms with Gasteiger partial charge in [0.2, 0.25) is 5.91 Å². The third-order valence-electron chi connectivity index (χ3n) is 5.26. The number of hydrogen-bond acceptors (Lipinski definition) is 7. The highest BCUT2D eigenvalue weighted by atomic mass is 35.5. The van der Waals surface area contributed by atoms with Crippen LogP contribution in [-0.2, 0) is 9.59 Å². The largest absolute Gasteiger partial charge is 0.495 e. The molecule has 1 N–H and O–H groups in total. The van der Waals surface area contributed by atoms with Crippen molar-refractivity contribution in [2.45, 2.75) is 19.1 Å². The summed E-state index contributed by atoms with van der Waals surface area (Å²) in [6, 6.07) is 15.5. The zero-order valence-electron chi connectivity index (χ0n) is 19.7. The van der Waals surface area contributed by atoms with E-state index in [1.165, 1.54) is 30.3 Å². The number of nitrogens with zero attached hydrogens (tertiary/aromatic N) is 2. The number of halogens is 1. The number of amidine groups is 1. The Labute approximate surface area is 221 Å². The van der Waals surface area contributed by atoms with Gasteiger partial charge in [-0.15, -0.1) is 11.3 Å². The molecule has 0 aliphatic carbocycles. The Kier molecular flexibility index (Phi) is 7.93. The van der Waals surface area contributed by atoms with Crippen molar-refractivity contribution < 1.29 is 19.1 Å². The quantitative estimate of drug-likeness (QED) is 0.289. The highest BCUT2D eigenvalue weighted by molar-refractivity contribution is 8.15. The smallest absolute Gasteiger partial charge is 0.283 e. The van der Waals surface area contributed by atoms with Crippen LogP contribution in [0.4, 0.5) is 11.4 Å². The number of carbonyl (C=O) groups excluding carboxylic acids is 3. The summed E-state index contributed by atoms with van der Waals surface area (Å²) in [6.45, 7) is 3.22. The molecule has 10 heteroatoms. The zero-order chi connectivity index (χ0) is 25.8. The van der Waals surface area contributed by atoms with Gasteiger partial charge in [0.25, 0.3) is 5.91 Å². The van der Waals surface area contributed by atoms with Crippen molar-refractivity contribution in [3.05, 3.63) is 81.1 Å². The van der Waals surface area contributed by atoms with E-state index >= 15 is 0 Å². The lowest BCUT2D eigenvalue weighted by molar-refractivity contribution is -0.115. The third-order valence-corrected chi connectivity index (χ3v) is 7.42. The molecule has 7 nitrogen and oxygen atoms in total. The highest BCUT2D eigenvalue weighted by Gasteiger charge is 2.34. The summed E-state index contributed by atoms with van der Waals surface area (Å²) in [5.41, 5.74) is 1.91. The Hall–Kier alpha value is -3.40. The number of hydrogen-bond donors (Lipinski definition) is 1. The van der Waals surface area contributed by atoms with Crippen LogP contribution in [0.15, 0.2) is 70.7 Å². The van der Waals surface area contributed by atoms with Gasteiger partial charge in [-0.1, -0.05) is 29.4 Å². The van der Waals surface area contributed by atoms with E-state index in [-0.39, 0.29) is 23.3 Å². The molecule has 2 amide bonds. The van der Waals surface area contributed by atoms with E-state index in [1.807, 2.05) is 17.5 Å². The average molecular weight is 540 g/mol. The maximum Gasteiger partial charge on any atom is 0.283 e. The minimum absolute atomic E-state index is 0.0501. The van der Waals surface area contributed by atoms with Crippen molar-refractivity contribution in [3.8, 4) is 5.75 Å². The number of nitrogens with one attached hydrogen (secondary N) is 1.